The minimum absolute atomic E-state index is 0.175. The first kappa shape index (κ1) is 19.5. The summed E-state index contributed by atoms with van der Waals surface area (Å²) in [7, 11) is 0. The van der Waals surface area contributed by atoms with Gasteiger partial charge < -0.3 is 9.64 Å². The molecule has 0 saturated carbocycles. The van der Waals surface area contributed by atoms with Crippen molar-refractivity contribution in [1.29, 1.82) is 0 Å². The monoisotopic (exact) mass is 410 g/mol. The Balaban J connectivity index is 1.65. The number of imide groups is 1. The number of hydrogen-bond acceptors (Lipinski definition) is 5. The van der Waals surface area contributed by atoms with E-state index in [9.17, 15) is 14.4 Å². The molecule has 29 heavy (non-hydrogen) atoms. The molecule has 2 saturated heterocycles. The Kier molecular flexibility index (Phi) is 5.58. The van der Waals surface area contributed by atoms with Gasteiger partial charge in [-0.15, -0.1) is 0 Å². The molecule has 2 aromatic carbocycles. The molecule has 0 bridgehead atoms. The minimum atomic E-state index is -0.428. The van der Waals surface area contributed by atoms with Gasteiger partial charge in [-0.25, -0.2) is 0 Å². The molecule has 3 amide bonds. The van der Waals surface area contributed by atoms with E-state index in [1.54, 1.807) is 11.0 Å². The second kappa shape index (κ2) is 8.29. The number of likely N-dealkylation sites (tertiary alicyclic amines) is 1. The van der Waals surface area contributed by atoms with E-state index < -0.39 is 11.1 Å². The second-order valence-electron chi connectivity index (χ2n) is 6.99. The van der Waals surface area contributed by atoms with Crippen LogP contribution in [0, 0.1) is 0 Å². The van der Waals surface area contributed by atoms with E-state index in [2.05, 4.69) is 0 Å². The average molecular weight is 410 g/mol. The molecular weight excluding hydrogens is 388 g/mol. The molecule has 150 valence electrons. The summed E-state index contributed by atoms with van der Waals surface area (Å²) < 4.78 is 5.75. The SMILES string of the molecule is CCOc1ccc2ccccc2c1/C=C1/SC(=O)N(CC(=O)N2CCCC2)C1=O. The zero-order chi connectivity index (χ0) is 20.4. The Morgan fingerprint density at radius 2 is 1.90 bits per heavy atom. The number of thioether (sulfide) groups is 1. The summed E-state index contributed by atoms with van der Waals surface area (Å²) >= 11 is 0.869. The summed E-state index contributed by atoms with van der Waals surface area (Å²) in [5.41, 5.74) is 0.765. The molecule has 0 spiro atoms. The first-order valence-corrected chi connectivity index (χ1v) is 10.6. The maximum absolute atomic E-state index is 12.9. The Morgan fingerprint density at radius 3 is 2.66 bits per heavy atom. The zero-order valence-corrected chi connectivity index (χ0v) is 17.0. The van der Waals surface area contributed by atoms with Crippen molar-refractivity contribution in [3.8, 4) is 5.75 Å². The fraction of sp³-hybridized carbons (Fsp3) is 0.318. The van der Waals surface area contributed by atoms with Gasteiger partial charge in [0.2, 0.25) is 5.91 Å². The summed E-state index contributed by atoms with van der Waals surface area (Å²) in [6.07, 6.45) is 3.64. The summed E-state index contributed by atoms with van der Waals surface area (Å²) in [5.74, 6) is 0.0558. The molecule has 2 aliphatic rings. The molecular formula is C22H22N2O4S. The number of ether oxygens (including phenoxy) is 1. The third-order valence-electron chi connectivity index (χ3n) is 5.13. The maximum atomic E-state index is 12.9. The number of amides is 3. The van der Waals surface area contributed by atoms with Crippen molar-refractivity contribution < 1.29 is 19.1 Å². The molecule has 2 heterocycles. The lowest BCUT2D eigenvalue weighted by Crippen LogP contribution is -2.40. The number of benzene rings is 2. The van der Waals surface area contributed by atoms with Crippen LogP contribution < -0.4 is 4.74 Å². The molecule has 0 aromatic heterocycles. The van der Waals surface area contributed by atoms with Gasteiger partial charge in [-0.05, 0) is 54.4 Å². The average Bonchev–Trinajstić information content (AvgIpc) is 3.35. The highest BCUT2D eigenvalue weighted by Gasteiger charge is 2.37. The smallest absolute Gasteiger partial charge is 0.294 e. The number of rotatable bonds is 5. The Morgan fingerprint density at radius 1 is 1.14 bits per heavy atom. The van der Waals surface area contributed by atoms with E-state index in [0.29, 0.717) is 30.4 Å². The van der Waals surface area contributed by atoms with Crippen molar-refractivity contribution in [3.05, 3.63) is 46.9 Å². The van der Waals surface area contributed by atoms with Crippen LogP contribution in [0.25, 0.3) is 16.8 Å². The molecule has 0 N–H and O–H groups in total. The lowest BCUT2D eigenvalue weighted by Gasteiger charge is -2.18. The number of nitrogens with zero attached hydrogens (tertiary/aromatic N) is 2. The molecule has 2 aromatic rings. The molecule has 0 aliphatic carbocycles. The molecule has 0 radical (unpaired) electrons. The lowest BCUT2D eigenvalue weighted by molar-refractivity contribution is -0.135. The van der Waals surface area contributed by atoms with Gasteiger partial charge in [0.15, 0.2) is 0 Å². The Bertz CT molecular complexity index is 1010. The van der Waals surface area contributed by atoms with Crippen molar-refractivity contribution in [2.75, 3.05) is 26.2 Å². The molecule has 2 fully saturated rings. The zero-order valence-electron chi connectivity index (χ0n) is 16.2. The van der Waals surface area contributed by atoms with E-state index in [1.165, 1.54) is 0 Å². The predicted molar refractivity (Wildman–Crippen MR) is 114 cm³/mol. The van der Waals surface area contributed by atoms with Gasteiger partial charge in [0.25, 0.3) is 11.1 Å². The van der Waals surface area contributed by atoms with Crippen molar-refractivity contribution in [3.63, 3.8) is 0 Å². The van der Waals surface area contributed by atoms with Crippen LogP contribution in [0.2, 0.25) is 0 Å². The minimum Gasteiger partial charge on any atom is -0.493 e. The summed E-state index contributed by atoms with van der Waals surface area (Å²) in [6, 6.07) is 11.7. The Labute approximate surface area is 173 Å². The van der Waals surface area contributed by atoms with Gasteiger partial charge in [0.1, 0.15) is 12.3 Å². The van der Waals surface area contributed by atoms with E-state index >= 15 is 0 Å². The van der Waals surface area contributed by atoms with E-state index in [1.807, 2.05) is 43.3 Å². The van der Waals surface area contributed by atoms with Crippen LogP contribution in [0.1, 0.15) is 25.3 Å². The number of hydrogen-bond donors (Lipinski definition) is 0. The van der Waals surface area contributed by atoms with Gasteiger partial charge >= 0.3 is 0 Å². The normalized spacial score (nSPS) is 18.3. The lowest BCUT2D eigenvalue weighted by atomic mass is 10.0. The van der Waals surface area contributed by atoms with Gasteiger partial charge in [-0.1, -0.05) is 30.3 Å². The van der Waals surface area contributed by atoms with Crippen molar-refractivity contribution in [2.24, 2.45) is 0 Å². The van der Waals surface area contributed by atoms with Crippen LogP contribution in [0.15, 0.2) is 41.3 Å². The van der Waals surface area contributed by atoms with Crippen molar-refractivity contribution in [2.45, 2.75) is 19.8 Å². The van der Waals surface area contributed by atoms with Crippen LogP contribution in [-0.2, 0) is 9.59 Å². The first-order chi connectivity index (χ1) is 14.1. The summed E-state index contributed by atoms with van der Waals surface area (Å²) in [4.78, 5) is 40.8. The predicted octanol–water partition coefficient (Wildman–Crippen LogP) is 3.90. The molecule has 6 nitrogen and oxygen atoms in total. The quantitative estimate of drug-likeness (QED) is 0.700. The van der Waals surface area contributed by atoms with E-state index in [0.717, 1.165) is 45.8 Å². The second-order valence-corrected chi connectivity index (χ2v) is 7.98. The van der Waals surface area contributed by atoms with E-state index in [4.69, 9.17) is 4.74 Å². The number of carbonyl (C=O) groups is 3. The molecule has 0 unspecified atom stereocenters. The molecule has 7 heteroatoms. The molecule has 0 atom stereocenters. The number of fused-ring (bicyclic) bond motifs is 1. The first-order valence-electron chi connectivity index (χ1n) is 9.76. The van der Waals surface area contributed by atoms with Gasteiger partial charge in [0, 0.05) is 18.7 Å². The van der Waals surface area contributed by atoms with Crippen molar-refractivity contribution >= 4 is 45.7 Å². The van der Waals surface area contributed by atoms with E-state index in [-0.39, 0.29) is 12.5 Å². The molecule has 4 rings (SSSR count). The third-order valence-corrected chi connectivity index (χ3v) is 6.04. The largest absolute Gasteiger partial charge is 0.493 e. The fourth-order valence-electron chi connectivity index (χ4n) is 3.68. The topological polar surface area (TPSA) is 66.9 Å². The highest BCUT2D eigenvalue weighted by atomic mass is 32.2. The van der Waals surface area contributed by atoms with Crippen LogP contribution in [0.5, 0.6) is 5.75 Å². The van der Waals surface area contributed by atoms with Crippen LogP contribution in [-0.4, -0.2) is 53.1 Å². The standard InChI is InChI=1S/C22H22N2O4S/c1-2-28-18-10-9-15-7-3-4-8-16(15)17(18)13-19-21(26)24(22(27)29-19)14-20(25)23-11-5-6-12-23/h3-4,7-10,13H,2,5-6,11-12,14H2,1H3/b19-13+. The van der Waals surface area contributed by atoms with Gasteiger partial charge in [0.05, 0.1) is 11.5 Å². The maximum Gasteiger partial charge on any atom is 0.294 e. The summed E-state index contributed by atoms with van der Waals surface area (Å²) in [5, 5.41) is 1.55. The summed E-state index contributed by atoms with van der Waals surface area (Å²) in [6.45, 7) is 3.58. The molecule has 2 aliphatic heterocycles. The highest BCUT2D eigenvalue weighted by molar-refractivity contribution is 8.18. The van der Waals surface area contributed by atoms with Gasteiger partial charge in [-0.2, -0.15) is 0 Å². The Hall–Kier alpha value is -2.80. The number of carbonyl (C=O) groups excluding carboxylic acids is 3. The fourth-order valence-corrected chi connectivity index (χ4v) is 4.50. The van der Waals surface area contributed by atoms with Crippen molar-refractivity contribution in [1.82, 2.24) is 9.80 Å². The van der Waals surface area contributed by atoms with Crippen LogP contribution >= 0.6 is 11.8 Å². The van der Waals surface area contributed by atoms with Gasteiger partial charge in [-0.3, -0.25) is 19.3 Å². The van der Waals surface area contributed by atoms with Crippen LogP contribution in [0.3, 0.4) is 0 Å². The third kappa shape index (κ3) is 3.87. The van der Waals surface area contributed by atoms with Crippen LogP contribution in [0.4, 0.5) is 4.79 Å². The highest BCUT2D eigenvalue weighted by Crippen LogP contribution is 2.36.